The molecule has 2 heterocycles. The smallest absolute Gasteiger partial charge is 0.293 e. The zero-order chi connectivity index (χ0) is 12.4. The van der Waals surface area contributed by atoms with Gasteiger partial charge in [-0.3, -0.25) is 5.32 Å². The van der Waals surface area contributed by atoms with E-state index in [2.05, 4.69) is 32.5 Å². The lowest BCUT2D eigenvalue weighted by Crippen LogP contribution is -2.37. The second kappa shape index (κ2) is 4.44. The maximum absolute atomic E-state index is 4.61. The van der Waals surface area contributed by atoms with E-state index >= 15 is 0 Å². The van der Waals surface area contributed by atoms with Gasteiger partial charge in [0, 0.05) is 18.0 Å². The summed E-state index contributed by atoms with van der Waals surface area (Å²) in [5, 5.41) is 7.37. The van der Waals surface area contributed by atoms with Gasteiger partial charge in [-0.1, -0.05) is 23.2 Å². The first kappa shape index (κ1) is 10.7. The van der Waals surface area contributed by atoms with Crippen molar-refractivity contribution in [1.29, 1.82) is 0 Å². The molecule has 0 aliphatic carbocycles. The third-order valence-corrected chi connectivity index (χ3v) is 2.73. The Bertz CT molecular complexity index is 674. The number of anilines is 1. The van der Waals surface area contributed by atoms with Gasteiger partial charge in [-0.15, -0.1) is 9.67 Å². The molecule has 5 nitrogen and oxygen atoms in total. The first-order valence-corrected chi connectivity index (χ1v) is 5.94. The third kappa shape index (κ3) is 1.79. The summed E-state index contributed by atoms with van der Waals surface area (Å²) in [5.41, 5.74) is 0.972. The number of aromatic amines is 1. The van der Waals surface area contributed by atoms with E-state index in [9.17, 15) is 0 Å². The van der Waals surface area contributed by atoms with Crippen molar-refractivity contribution in [3.8, 4) is 5.82 Å². The molecule has 0 aliphatic heterocycles. The number of para-hydroxylation sites is 1. The molecule has 18 heavy (non-hydrogen) atoms. The van der Waals surface area contributed by atoms with E-state index in [1.165, 1.54) is 0 Å². The van der Waals surface area contributed by atoms with E-state index in [-0.39, 0.29) is 0 Å². The zero-order valence-corrected chi connectivity index (χ0v) is 10.1. The summed E-state index contributed by atoms with van der Waals surface area (Å²) >= 11 is 0. The zero-order valence-electron chi connectivity index (χ0n) is 10.1. The van der Waals surface area contributed by atoms with Crippen LogP contribution in [0.5, 0.6) is 0 Å². The van der Waals surface area contributed by atoms with Crippen molar-refractivity contribution < 1.29 is 4.68 Å². The summed E-state index contributed by atoms with van der Waals surface area (Å²) in [4.78, 5) is 8.83. The van der Waals surface area contributed by atoms with Gasteiger partial charge >= 0.3 is 5.95 Å². The lowest BCUT2D eigenvalue weighted by Gasteiger charge is -2.00. The minimum Gasteiger partial charge on any atom is -0.293 e. The second-order valence-corrected chi connectivity index (χ2v) is 3.94. The summed E-state index contributed by atoms with van der Waals surface area (Å²) < 4.78 is 1.83. The van der Waals surface area contributed by atoms with Crippen LogP contribution in [0.2, 0.25) is 0 Å². The van der Waals surface area contributed by atoms with Crippen LogP contribution in [0.25, 0.3) is 16.7 Å². The molecule has 0 aliphatic rings. The van der Waals surface area contributed by atoms with Gasteiger partial charge in [0.1, 0.15) is 5.52 Å². The van der Waals surface area contributed by atoms with Crippen LogP contribution >= 0.6 is 0 Å². The molecule has 3 aromatic rings. The number of rotatable bonds is 3. The van der Waals surface area contributed by atoms with Crippen molar-refractivity contribution in [3.05, 3.63) is 42.7 Å². The van der Waals surface area contributed by atoms with Gasteiger partial charge in [0.15, 0.2) is 6.33 Å². The van der Waals surface area contributed by atoms with Gasteiger partial charge in [-0.2, -0.15) is 0 Å². The SMILES string of the molecule is CCNc1nc[nH][n+]1-c1ccc2ccccc2n1. The van der Waals surface area contributed by atoms with E-state index in [1.807, 2.05) is 35.9 Å². The highest BCUT2D eigenvalue weighted by Crippen LogP contribution is 2.12. The predicted molar refractivity (Wildman–Crippen MR) is 69.6 cm³/mol. The molecule has 2 aromatic heterocycles. The molecular formula is C13H14N5+. The van der Waals surface area contributed by atoms with Crippen LogP contribution in [0.1, 0.15) is 6.92 Å². The van der Waals surface area contributed by atoms with Crippen molar-refractivity contribution in [1.82, 2.24) is 15.1 Å². The van der Waals surface area contributed by atoms with E-state index < -0.39 is 0 Å². The molecule has 0 amide bonds. The van der Waals surface area contributed by atoms with Gasteiger partial charge in [0.2, 0.25) is 0 Å². The lowest BCUT2D eigenvalue weighted by molar-refractivity contribution is -0.645. The number of aromatic nitrogens is 4. The topological polar surface area (TPSA) is 57.5 Å². The molecule has 0 fully saturated rings. The van der Waals surface area contributed by atoms with Gasteiger partial charge < -0.3 is 0 Å². The van der Waals surface area contributed by atoms with E-state index in [1.54, 1.807) is 6.33 Å². The van der Waals surface area contributed by atoms with Gasteiger partial charge in [-0.05, 0) is 19.1 Å². The van der Waals surface area contributed by atoms with Crippen LogP contribution in [-0.4, -0.2) is 21.6 Å². The summed E-state index contributed by atoms with van der Waals surface area (Å²) in [6.45, 7) is 2.85. The average Bonchev–Trinajstić information content (AvgIpc) is 2.87. The van der Waals surface area contributed by atoms with Crippen molar-refractivity contribution >= 4 is 16.9 Å². The molecule has 0 saturated heterocycles. The highest BCUT2D eigenvalue weighted by molar-refractivity contribution is 5.78. The van der Waals surface area contributed by atoms with Gasteiger partial charge in [0.25, 0.3) is 5.82 Å². The van der Waals surface area contributed by atoms with Crippen molar-refractivity contribution in [2.45, 2.75) is 6.92 Å². The summed E-state index contributed by atoms with van der Waals surface area (Å²) in [6, 6.07) is 12.1. The molecule has 0 atom stereocenters. The molecule has 1 aromatic carbocycles. The summed E-state index contributed by atoms with van der Waals surface area (Å²) in [5.74, 6) is 1.59. The molecule has 2 N–H and O–H groups in total. The average molecular weight is 240 g/mol. The highest BCUT2D eigenvalue weighted by Gasteiger charge is 2.14. The fourth-order valence-corrected chi connectivity index (χ4v) is 1.90. The Labute approximate surface area is 104 Å². The molecule has 0 spiro atoms. The number of nitrogens with zero attached hydrogens (tertiary/aromatic N) is 3. The summed E-state index contributed by atoms with van der Waals surface area (Å²) in [6.07, 6.45) is 1.65. The Balaban J connectivity index is 2.10. The maximum atomic E-state index is 4.61. The molecule has 3 rings (SSSR count). The fourth-order valence-electron chi connectivity index (χ4n) is 1.90. The van der Waals surface area contributed by atoms with E-state index in [0.29, 0.717) is 0 Å². The Morgan fingerprint density at radius 2 is 2.11 bits per heavy atom. The molecular weight excluding hydrogens is 226 g/mol. The highest BCUT2D eigenvalue weighted by atomic mass is 15.4. The van der Waals surface area contributed by atoms with Crippen molar-refractivity contribution in [2.75, 3.05) is 11.9 Å². The summed E-state index contributed by atoms with van der Waals surface area (Å²) in [7, 11) is 0. The van der Waals surface area contributed by atoms with Crippen LogP contribution in [-0.2, 0) is 0 Å². The van der Waals surface area contributed by atoms with Crippen LogP contribution in [0.15, 0.2) is 42.7 Å². The minimum absolute atomic E-state index is 0.764. The first-order chi connectivity index (χ1) is 8.88. The Kier molecular flexibility index (Phi) is 2.64. The number of H-pyrrole nitrogens is 1. The van der Waals surface area contributed by atoms with Crippen LogP contribution in [0.4, 0.5) is 5.95 Å². The van der Waals surface area contributed by atoms with Crippen molar-refractivity contribution in [3.63, 3.8) is 0 Å². The number of benzene rings is 1. The number of fused-ring (bicyclic) bond motifs is 1. The quantitative estimate of drug-likeness (QED) is 0.685. The Hall–Kier alpha value is -2.43. The molecule has 0 bridgehead atoms. The Morgan fingerprint density at radius 1 is 1.22 bits per heavy atom. The molecule has 0 saturated carbocycles. The van der Waals surface area contributed by atoms with Crippen LogP contribution in [0, 0.1) is 0 Å². The van der Waals surface area contributed by atoms with E-state index in [4.69, 9.17) is 0 Å². The normalized spacial score (nSPS) is 10.7. The predicted octanol–water partition coefficient (Wildman–Crippen LogP) is 1.67. The fraction of sp³-hybridized carbons (Fsp3) is 0.154. The Morgan fingerprint density at radius 3 is 3.00 bits per heavy atom. The second-order valence-electron chi connectivity index (χ2n) is 3.94. The van der Waals surface area contributed by atoms with Gasteiger partial charge in [-0.25, -0.2) is 5.10 Å². The van der Waals surface area contributed by atoms with Crippen LogP contribution in [0.3, 0.4) is 0 Å². The standard InChI is InChI=1S/C13H13N5/c1-2-14-13-15-9-16-18(13)12-8-7-10-5-3-4-6-11(10)17-12/h3-9H,2H2,1H3,(H,14,15,16)/p+1. The van der Waals surface area contributed by atoms with Crippen LogP contribution < -0.4 is 10.00 Å². The molecule has 90 valence electrons. The monoisotopic (exact) mass is 240 g/mol. The maximum Gasteiger partial charge on any atom is 0.370 e. The first-order valence-electron chi connectivity index (χ1n) is 5.94. The molecule has 0 unspecified atom stereocenters. The van der Waals surface area contributed by atoms with Gasteiger partial charge in [0.05, 0.1) is 0 Å². The number of pyridine rings is 1. The van der Waals surface area contributed by atoms with E-state index in [0.717, 1.165) is 29.2 Å². The molecule has 5 heteroatoms. The largest absolute Gasteiger partial charge is 0.370 e. The number of hydrogen-bond donors (Lipinski definition) is 2. The third-order valence-electron chi connectivity index (χ3n) is 2.73. The van der Waals surface area contributed by atoms with Crippen molar-refractivity contribution in [2.24, 2.45) is 0 Å². The molecule has 0 radical (unpaired) electrons. The lowest BCUT2D eigenvalue weighted by atomic mass is 10.2. The number of nitrogens with one attached hydrogen (secondary N) is 2. The number of hydrogen-bond acceptors (Lipinski definition) is 3. The minimum atomic E-state index is 0.764.